The van der Waals surface area contributed by atoms with Gasteiger partial charge in [0.1, 0.15) is 17.8 Å². The molecule has 5 rings (SSSR count). The molecule has 1 aliphatic rings. The number of aliphatic imine (C=N–C) groups is 1. The number of nitrogens with zero attached hydrogens (tertiary/aromatic N) is 4. The third-order valence-electron chi connectivity index (χ3n) is 4.79. The summed E-state index contributed by atoms with van der Waals surface area (Å²) in [5.41, 5.74) is 4.32. The van der Waals surface area contributed by atoms with Crippen molar-refractivity contribution in [3.63, 3.8) is 0 Å². The molecule has 3 heterocycles. The minimum Gasteiger partial charge on any atom is -0.442 e. The molecule has 0 unspecified atom stereocenters. The number of aromatic nitrogens is 3. The molecule has 0 amide bonds. The standard InChI is InChI=1S/C21H14BrFN4O/c1-12-21-20(18-9-24-11-28-18)25-10-27(21)17-7-6-13(22)8-15(17)19(26-12)14-4-2-3-5-16(14)23/h2-12H,1H3/t12-/m0/s1. The maximum Gasteiger partial charge on any atom is 0.181 e. The number of benzene rings is 2. The number of halogens is 2. The predicted octanol–water partition coefficient (Wildman–Crippen LogP) is 5.34. The number of imidazole rings is 1. The third-order valence-corrected chi connectivity index (χ3v) is 5.28. The van der Waals surface area contributed by atoms with Crippen molar-refractivity contribution in [3.05, 3.63) is 88.5 Å². The zero-order chi connectivity index (χ0) is 19.3. The molecule has 0 N–H and O–H groups in total. The average Bonchev–Trinajstić information content (AvgIpc) is 3.34. The van der Waals surface area contributed by atoms with Gasteiger partial charge >= 0.3 is 0 Å². The van der Waals surface area contributed by atoms with Crippen molar-refractivity contribution in [1.29, 1.82) is 0 Å². The van der Waals surface area contributed by atoms with Gasteiger partial charge in [-0.2, -0.15) is 0 Å². The Bertz CT molecular complexity index is 1210. The van der Waals surface area contributed by atoms with Crippen LogP contribution in [0, 0.1) is 5.82 Å². The van der Waals surface area contributed by atoms with Gasteiger partial charge in [0.15, 0.2) is 12.2 Å². The summed E-state index contributed by atoms with van der Waals surface area (Å²) in [4.78, 5) is 13.4. The summed E-state index contributed by atoms with van der Waals surface area (Å²) in [5.74, 6) is 0.267. The van der Waals surface area contributed by atoms with Crippen molar-refractivity contribution in [2.24, 2.45) is 4.99 Å². The highest BCUT2D eigenvalue weighted by Gasteiger charge is 2.28. The number of fused-ring (bicyclic) bond motifs is 3. The average molecular weight is 437 g/mol. The summed E-state index contributed by atoms with van der Waals surface area (Å²) in [6.45, 7) is 1.97. The Balaban J connectivity index is 1.82. The molecule has 4 aromatic rings. The summed E-state index contributed by atoms with van der Waals surface area (Å²) < 4.78 is 23.0. The van der Waals surface area contributed by atoms with Crippen LogP contribution in [0.5, 0.6) is 0 Å². The maximum atomic E-state index is 14.7. The molecule has 28 heavy (non-hydrogen) atoms. The van der Waals surface area contributed by atoms with E-state index in [0.29, 0.717) is 22.7 Å². The number of rotatable bonds is 2. The van der Waals surface area contributed by atoms with E-state index < -0.39 is 0 Å². The summed E-state index contributed by atoms with van der Waals surface area (Å²) in [6, 6.07) is 12.3. The van der Waals surface area contributed by atoms with Crippen LogP contribution in [0.25, 0.3) is 17.1 Å². The molecule has 5 nitrogen and oxygen atoms in total. The summed E-state index contributed by atoms with van der Waals surface area (Å²) in [7, 11) is 0. The Hall–Kier alpha value is -3.06. The fraction of sp³-hybridized carbons (Fsp3) is 0.0952. The van der Waals surface area contributed by atoms with Crippen LogP contribution in [0.2, 0.25) is 0 Å². The van der Waals surface area contributed by atoms with E-state index in [1.807, 2.05) is 35.8 Å². The van der Waals surface area contributed by atoms with E-state index >= 15 is 0 Å². The minimum absolute atomic E-state index is 0.275. The summed E-state index contributed by atoms with van der Waals surface area (Å²) in [5, 5.41) is 0. The van der Waals surface area contributed by atoms with Crippen LogP contribution in [0.1, 0.15) is 29.8 Å². The molecule has 0 fully saturated rings. The van der Waals surface area contributed by atoms with Crippen molar-refractivity contribution in [2.45, 2.75) is 13.0 Å². The monoisotopic (exact) mass is 436 g/mol. The first kappa shape index (κ1) is 17.1. The highest BCUT2D eigenvalue weighted by molar-refractivity contribution is 9.10. The third kappa shape index (κ3) is 2.62. The molecule has 2 aromatic carbocycles. The molecule has 0 radical (unpaired) electrons. The molecule has 138 valence electrons. The Labute approximate surface area is 168 Å². The van der Waals surface area contributed by atoms with E-state index in [-0.39, 0.29) is 11.9 Å². The molecule has 0 saturated heterocycles. The lowest BCUT2D eigenvalue weighted by Gasteiger charge is -2.12. The van der Waals surface area contributed by atoms with E-state index in [1.54, 1.807) is 24.7 Å². The fourth-order valence-electron chi connectivity index (χ4n) is 3.57. The molecule has 0 aliphatic carbocycles. The van der Waals surface area contributed by atoms with Crippen LogP contribution in [-0.4, -0.2) is 20.2 Å². The lowest BCUT2D eigenvalue weighted by atomic mass is 10.00. The van der Waals surface area contributed by atoms with Gasteiger partial charge in [0.05, 0.1) is 29.3 Å². The minimum atomic E-state index is -0.306. The molecule has 0 bridgehead atoms. The van der Waals surface area contributed by atoms with Gasteiger partial charge in [-0.3, -0.25) is 9.56 Å². The Morgan fingerprint density at radius 3 is 2.79 bits per heavy atom. The lowest BCUT2D eigenvalue weighted by molar-refractivity contribution is 0.568. The normalized spacial score (nSPS) is 15.5. The Morgan fingerprint density at radius 2 is 2.00 bits per heavy atom. The summed E-state index contributed by atoms with van der Waals surface area (Å²) in [6.07, 6.45) is 4.75. The highest BCUT2D eigenvalue weighted by Crippen LogP contribution is 2.37. The van der Waals surface area contributed by atoms with Crippen molar-refractivity contribution in [3.8, 4) is 17.1 Å². The number of hydrogen-bond acceptors (Lipinski definition) is 4. The second kappa shape index (κ2) is 6.53. The molecular formula is C21H14BrFN4O. The Kier molecular flexibility index (Phi) is 3.98. The van der Waals surface area contributed by atoms with Gasteiger partial charge in [0.2, 0.25) is 0 Å². The van der Waals surface area contributed by atoms with E-state index in [4.69, 9.17) is 9.41 Å². The largest absolute Gasteiger partial charge is 0.442 e. The van der Waals surface area contributed by atoms with Crippen LogP contribution in [0.3, 0.4) is 0 Å². The quantitative estimate of drug-likeness (QED) is 0.426. The van der Waals surface area contributed by atoms with E-state index in [0.717, 1.165) is 21.4 Å². The fourth-order valence-corrected chi connectivity index (χ4v) is 3.93. The van der Waals surface area contributed by atoms with Crippen LogP contribution < -0.4 is 0 Å². The Morgan fingerprint density at radius 1 is 1.14 bits per heavy atom. The lowest BCUT2D eigenvalue weighted by Crippen LogP contribution is -2.09. The molecular weight excluding hydrogens is 423 g/mol. The zero-order valence-corrected chi connectivity index (χ0v) is 16.4. The van der Waals surface area contributed by atoms with Gasteiger partial charge in [-0.15, -0.1) is 0 Å². The van der Waals surface area contributed by atoms with E-state index in [1.165, 1.54) is 12.5 Å². The molecule has 7 heteroatoms. The number of oxazole rings is 1. The maximum absolute atomic E-state index is 14.7. The predicted molar refractivity (Wildman–Crippen MR) is 107 cm³/mol. The van der Waals surface area contributed by atoms with Gasteiger partial charge in [-0.1, -0.05) is 28.1 Å². The second-order valence-electron chi connectivity index (χ2n) is 6.51. The van der Waals surface area contributed by atoms with Crippen molar-refractivity contribution in [1.82, 2.24) is 14.5 Å². The van der Waals surface area contributed by atoms with Crippen LogP contribution in [0.15, 0.2) is 75.3 Å². The van der Waals surface area contributed by atoms with Crippen LogP contribution >= 0.6 is 15.9 Å². The molecule has 0 spiro atoms. The van der Waals surface area contributed by atoms with Gasteiger partial charge in [0.25, 0.3) is 0 Å². The topological polar surface area (TPSA) is 56.2 Å². The first-order chi connectivity index (χ1) is 13.6. The van der Waals surface area contributed by atoms with Gasteiger partial charge in [-0.25, -0.2) is 14.4 Å². The SMILES string of the molecule is C[C@@H]1N=C(c2ccccc2F)c2cc(Br)ccc2-n2cnc(-c3cnco3)c21. The smallest absolute Gasteiger partial charge is 0.181 e. The van der Waals surface area contributed by atoms with E-state index in [2.05, 4.69) is 25.9 Å². The van der Waals surface area contributed by atoms with Crippen molar-refractivity contribution < 1.29 is 8.81 Å². The van der Waals surface area contributed by atoms with E-state index in [9.17, 15) is 4.39 Å². The van der Waals surface area contributed by atoms with Gasteiger partial charge in [0, 0.05) is 15.6 Å². The molecule has 2 aromatic heterocycles. The highest BCUT2D eigenvalue weighted by atomic mass is 79.9. The van der Waals surface area contributed by atoms with Gasteiger partial charge in [-0.05, 0) is 37.3 Å². The first-order valence-electron chi connectivity index (χ1n) is 8.72. The van der Waals surface area contributed by atoms with Crippen molar-refractivity contribution >= 4 is 21.6 Å². The first-order valence-corrected chi connectivity index (χ1v) is 9.52. The molecule has 1 aliphatic heterocycles. The molecule has 1 atom stereocenters. The van der Waals surface area contributed by atoms with Crippen LogP contribution in [-0.2, 0) is 0 Å². The van der Waals surface area contributed by atoms with Crippen LogP contribution in [0.4, 0.5) is 4.39 Å². The second-order valence-corrected chi connectivity index (χ2v) is 7.42. The number of hydrogen-bond donors (Lipinski definition) is 0. The molecule has 0 saturated carbocycles. The van der Waals surface area contributed by atoms with Crippen molar-refractivity contribution in [2.75, 3.05) is 0 Å². The summed E-state index contributed by atoms with van der Waals surface area (Å²) >= 11 is 3.53. The zero-order valence-electron chi connectivity index (χ0n) is 14.8. The van der Waals surface area contributed by atoms with Gasteiger partial charge < -0.3 is 4.42 Å².